The Morgan fingerprint density at radius 2 is 1.47 bits per heavy atom. The van der Waals surface area contributed by atoms with Crippen molar-refractivity contribution in [1.82, 2.24) is 14.5 Å². The number of methoxy groups -OCH3 is 1. The molecule has 1 saturated heterocycles. The molecule has 9 heteroatoms. The Balaban J connectivity index is 2.11. The van der Waals surface area contributed by atoms with Crippen LogP contribution in [0.1, 0.15) is 34.1 Å². The molecule has 168 valence electrons. The number of benzene rings is 1. The highest BCUT2D eigenvalue weighted by Crippen LogP contribution is 2.18. The fraction of sp³-hybridized carbons (Fsp3) is 0.619. The summed E-state index contributed by atoms with van der Waals surface area (Å²) in [4.78, 5) is 28.8. The summed E-state index contributed by atoms with van der Waals surface area (Å²) in [6.45, 7) is 9.32. The van der Waals surface area contributed by atoms with Crippen LogP contribution in [0, 0.1) is 11.8 Å². The Morgan fingerprint density at radius 1 is 0.967 bits per heavy atom. The topological polar surface area (TPSA) is 96.0 Å². The molecule has 2 amide bonds. The van der Waals surface area contributed by atoms with Gasteiger partial charge in [-0.3, -0.25) is 9.59 Å². The largest absolute Gasteiger partial charge is 0.497 e. The molecule has 2 rings (SSSR count). The molecule has 0 radical (unpaired) electrons. The lowest BCUT2D eigenvalue weighted by Crippen LogP contribution is -2.56. The summed E-state index contributed by atoms with van der Waals surface area (Å²) in [7, 11) is -2.36. The van der Waals surface area contributed by atoms with Crippen LogP contribution in [0.4, 0.5) is 0 Å². The number of amides is 2. The second-order valence-corrected chi connectivity index (χ2v) is 10.00. The average Bonchev–Trinajstić information content (AvgIpc) is 2.71. The maximum Gasteiger partial charge on any atom is 0.241 e. The molecule has 0 aliphatic carbocycles. The molecule has 0 bridgehead atoms. The third-order valence-corrected chi connectivity index (χ3v) is 6.56. The Kier molecular flexibility index (Phi) is 8.25. The van der Waals surface area contributed by atoms with Gasteiger partial charge in [-0.05, 0) is 36.6 Å². The summed E-state index contributed by atoms with van der Waals surface area (Å²) in [5.74, 6) is 0.412. The standard InChI is InChI=1S/C21H33N3O5S/c1-15(2)14-19(22-30(27,28)18-8-6-17(29-5)7-9-18)21(26)24-12-10-23(11-13-24)20(25)16(3)4/h6-9,15-16,19,22H,10-14H2,1-5H3. The molecule has 8 nitrogen and oxygen atoms in total. The monoisotopic (exact) mass is 439 g/mol. The number of hydrogen-bond acceptors (Lipinski definition) is 5. The highest BCUT2D eigenvalue weighted by atomic mass is 32.2. The lowest BCUT2D eigenvalue weighted by Gasteiger charge is -2.37. The second-order valence-electron chi connectivity index (χ2n) is 8.28. The van der Waals surface area contributed by atoms with Crippen molar-refractivity contribution >= 4 is 21.8 Å². The van der Waals surface area contributed by atoms with E-state index in [0.717, 1.165) is 0 Å². The van der Waals surface area contributed by atoms with Crippen LogP contribution in [-0.4, -0.2) is 69.4 Å². The van der Waals surface area contributed by atoms with E-state index in [0.29, 0.717) is 38.3 Å². The molecule has 1 aromatic rings. The number of nitrogens with zero attached hydrogens (tertiary/aromatic N) is 2. The lowest BCUT2D eigenvalue weighted by molar-refractivity contribution is -0.142. The van der Waals surface area contributed by atoms with E-state index in [2.05, 4.69) is 4.72 Å². The van der Waals surface area contributed by atoms with Crippen LogP contribution >= 0.6 is 0 Å². The van der Waals surface area contributed by atoms with Gasteiger partial charge in [0.05, 0.1) is 12.0 Å². The Morgan fingerprint density at radius 3 is 1.90 bits per heavy atom. The Hall–Kier alpha value is -2.13. The van der Waals surface area contributed by atoms with Gasteiger partial charge in [0.25, 0.3) is 0 Å². The van der Waals surface area contributed by atoms with E-state index in [-0.39, 0.29) is 28.5 Å². The number of carbonyl (C=O) groups excluding carboxylic acids is 2. The molecule has 1 aromatic carbocycles. The molecule has 30 heavy (non-hydrogen) atoms. The third kappa shape index (κ3) is 6.18. The van der Waals surface area contributed by atoms with Crippen molar-refractivity contribution < 1.29 is 22.7 Å². The molecule has 0 aromatic heterocycles. The zero-order valence-electron chi connectivity index (χ0n) is 18.4. The third-order valence-electron chi connectivity index (χ3n) is 5.07. The predicted molar refractivity (Wildman–Crippen MR) is 115 cm³/mol. The number of hydrogen-bond donors (Lipinski definition) is 1. The minimum absolute atomic E-state index is 0.0704. The minimum atomic E-state index is -3.87. The summed E-state index contributed by atoms with van der Waals surface area (Å²) in [5, 5.41) is 0. The van der Waals surface area contributed by atoms with E-state index >= 15 is 0 Å². The first kappa shape index (κ1) is 24.1. The number of nitrogens with one attached hydrogen (secondary N) is 1. The van der Waals surface area contributed by atoms with E-state index in [1.165, 1.54) is 19.2 Å². The van der Waals surface area contributed by atoms with E-state index in [1.807, 2.05) is 27.7 Å². The highest BCUT2D eigenvalue weighted by molar-refractivity contribution is 7.89. The van der Waals surface area contributed by atoms with Gasteiger partial charge in [-0.1, -0.05) is 27.7 Å². The number of rotatable bonds is 8. The average molecular weight is 440 g/mol. The van der Waals surface area contributed by atoms with Gasteiger partial charge in [0.1, 0.15) is 11.8 Å². The summed E-state index contributed by atoms with van der Waals surface area (Å²) >= 11 is 0. The molecule has 1 aliphatic rings. The van der Waals surface area contributed by atoms with Gasteiger partial charge < -0.3 is 14.5 Å². The highest BCUT2D eigenvalue weighted by Gasteiger charge is 2.32. The van der Waals surface area contributed by atoms with E-state index in [9.17, 15) is 18.0 Å². The molecular formula is C21H33N3O5S. The first-order chi connectivity index (χ1) is 14.0. The van der Waals surface area contributed by atoms with Crippen molar-refractivity contribution in [2.75, 3.05) is 33.3 Å². The van der Waals surface area contributed by atoms with Gasteiger partial charge in [-0.25, -0.2) is 8.42 Å². The molecule has 1 fully saturated rings. The van der Waals surface area contributed by atoms with Crippen LogP contribution in [0.25, 0.3) is 0 Å². The van der Waals surface area contributed by atoms with Crippen LogP contribution < -0.4 is 9.46 Å². The molecule has 1 aliphatic heterocycles. The maximum atomic E-state index is 13.1. The van der Waals surface area contributed by atoms with E-state index < -0.39 is 16.1 Å². The van der Waals surface area contributed by atoms with Crippen LogP contribution in [0.2, 0.25) is 0 Å². The molecule has 1 heterocycles. The van der Waals surface area contributed by atoms with E-state index in [4.69, 9.17) is 4.74 Å². The summed E-state index contributed by atoms with van der Waals surface area (Å²) < 4.78 is 33.4. The molecule has 0 spiro atoms. The molecule has 1 N–H and O–H groups in total. The van der Waals surface area contributed by atoms with Crippen molar-refractivity contribution in [3.05, 3.63) is 24.3 Å². The van der Waals surface area contributed by atoms with Gasteiger partial charge in [-0.15, -0.1) is 0 Å². The zero-order valence-corrected chi connectivity index (χ0v) is 19.2. The van der Waals surface area contributed by atoms with Crippen molar-refractivity contribution in [2.45, 2.75) is 45.1 Å². The summed E-state index contributed by atoms with van der Waals surface area (Å²) in [5.41, 5.74) is 0. The SMILES string of the molecule is COc1ccc(S(=O)(=O)NC(CC(C)C)C(=O)N2CCN(C(=O)C(C)C)CC2)cc1. The van der Waals surface area contributed by atoms with Crippen molar-refractivity contribution in [2.24, 2.45) is 11.8 Å². The van der Waals surface area contributed by atoms with Gasteiger partial charge in [0.2, 0.25) is 21.8 Å². The predicted octanol–water partition coefficient (Wildman–Crippen LogP) is 1.71. The molecule has 1 unspecified atom stereocenters. The second kappa shape index (κ2) is 10.3. The van der Waals surface area contributed by atoms with Crippen LogP contribution in [0.5, 0.6) is 5.75 Å². The van der Waals surface area contributed by atoms with Crippen molar-refractivity contribution in [3.8, 4) is 5.75 Å². The van der Waals surface area contributed by atoms with Gasteiger partial charge in [0, 0.05) is 32.1 Å². The fourth-order valence-corrected chi connectivity index (χ4v) is 4.62. The first-order valence-electron chi connectivity index (χ1n) is 10.3. The van der Waals surface area contributed by atoms with Gasteiger partial charge in [-0.2, -0.15) is 4.72 Å². The lowest BCUT2D eigenvalue weighted by atomic mass is 10.0. The minimum Gasteiger partial charge on any atom is -0.497 e. The summed E-state index contributed by atoms with van der Waals surface area (Å²) in [6.07, 6.45) is 0.388. The van der Waals surface area contributed by atoms with Gasteiger partial charge in [0.15, 0.2) is 0 Å². The van der Waals surface area contributed by atoms with Crippen molar-refractivity contribution in [3.63, 3.8) is 0 Å². The molecule has 1 atom stereocenters. The van der Waals surface area contributed by atoms with Crippen LogP contribution in [-0.2, 0) is 19.6 Å². The first-order valence-corrected chi connectivity index (χ1v) is 11.8. The fourth-order valence-electron chi connectivity index (χ4n) is 3.41. The number of sulfonamides is 1. The number of ether oxygens (including phenoxy) is 1. The molecule has 0 saturated carbocycles. The van der Waals surface area contributed by atoms with E-state index in [1.54, 1.807) is 21.9 Å². The normalized spacial score (nSPS) is 16.1. The Labute approximate surface area is 179 Å². The van der Waals surface area contributed by atoms with Gasteiger partial charge >= 0.3 is 0 Å². The van der Waals surface area contributed by atoms with Crippen molar-refractivity contribution in [1.29, 1.82) is 0 Å². The quantitative estimate of drug-likeness (QED) is 0.665. The van der Waals surface area contributed by atoms with Crippen LogP contribution in [0.15, 0.2) is 29.2 Å². The number of piperazine rings is 1. The smallest absolute Gasteiger partial charge is 0.241 e. The maximum absolute atomic E-state index is 13.1. The summed E-state index contributed by atoms with van der Waals surface area (Å²) in [6, 6.07) is 5.19. The Bertz CT molecular complexity index is 829. The number of carbonyl (C=O) groups is 2. The van der Waals surface area contributed by atoms with Crippen LogP contribution in [0.3, 0.4) is 0 Å². The molecular weight excluding hydrogens is 406 g/mol. The zero-order chi connectivity index (χ0) is 22.5.